The molecule has 0 aliphatic heterocycles. The van der Waals surface area contributed by atoms with Gasteiger partial charge in [0.2, 0.25) is 0 Å². The maximum absolute atomic E-state index is 11.9. The fraction of sp³-hybridized carbons (Fsp3) is 0.500. The number of carbonyl (C=O) groups is 2. The molecule has 1 aromatic rings. The van der Waals surface area contributed by atoms with Crippen molar-refractivity contribution < 1.29 is 19.1 Å². The van der Waals surface area contributed by atoms with Gasteiger partial charge in [-0.05, 0) is 38.0 Å². The fourth-order valence-corrected chi connectivity index (χ4v) is 1.98. The number of nitrogens with one attached hydrogen (secondary N) is 1. The molecule has 0 heterocycles. The van der Waals surface area contributed by atoms with Gasteiger partial charge in [-0.2, -0.15) is 0 Å². The van der Waals surface area contributed by atoms with Gasteiger partial charge in [0.05, 0.1) is 5.02 Å². The van der Waals surface area contributed by atoms with Crippen LogP contribution in [0.5, 0.6) is 5.75 Å². The van der Waals surface area contributed by atoms with Gasteiger partial charge in [-0.1, -0.05) is 37.0 Å². The molecule has 0 aromatic heterocycles. The topological polar surface area (TPSA) is 64.6 Å². The molecule has 0 aliphatic carbocycles. The molecular weight excluding hydrogens is 341 g/mol. The summed E-state index contributed by atoms with van der Waals surface area (Å²) in [5, 5.41) is 3.50. The minimum atomic E-state index is -0.899. The first-order valence-electron chi connectivity index (χ1n) is 7.28. The van der Waals surface area contributed by atoms with Crippen molar-refractivity contribution in [1.29, 1.82) is 0 Å². The van der Waals surface area contributed by atoms with Crippen molar-refractivity contribution in [3.05, 3.63) is 28.2 Å². The molecule has 1 aromatic carbocycles. The number of ether oxygens (including phenoxy) is 2. The van der Waals surface area contributed by atoms with Crippen LogP contribution in [0.25, 0.3) is 0 Å². The largest absolute Gasteiger partial charge is 0.477 e. The Hall–Kier alpha value is -1.46. The number of benzene rings is 1. The molecule has 1 rings (SSSR count). The third-order valence-electron chi connectivity index (χ3n) is 3.26. The number of rotatable bonds is 7. The van der Waals surface area contributed by atoms with Gasteiger partial charge in [0.25, 0.3) is 5.91 Å². The van der Waals surface area contributed by atoms with E-state index in [4.69, 9.17) is 32.7 Å². The predicted octanol–water partition coefficient (Wildman–Crippen LogP) is 3.46. The monoisotopic (exact) mass is 361 g/mol. The summed E-state index contributed by atoms with van der Waals surface area (Å²) in [6.07, 6.45) is -0.899. The van der Waals surface area contributed by atoms with Crippen molar-refractivity contribution >= 4 is 35.1 Å². The molecule has 1 N–H and O–H groups in total. The molecule has 23 heavy (non-hydrogen) atoms. The van der Waals surface area contributed by atoms with Crippen LogP contribution in [0.3, 0.4) is 0 Å². The molecule has 0 radical (unpaired) electrons. The van der Waals surface area contributed by atoms with E-state index in [0.29, 0.717) is 21.7 Å². The second-order valence-electron chi connectivity index (χ2n) is 5.54. The quantitative estimate of drug-likeness (QED) is 0.755. The highest BCUT2D eigenvalue weighted by Gasteiger charge is 2.20. The Morgan fingerprint density at radius 3 is 2.39 bits per heavy atom. The van der Waals surface area contributed by atoms with Crippen LogP contribution in [0.2, 0.25) is 10.0 Å². The van der Waals surface area contributed by atoms with Crippen LogP contribution < -0.4 is 10.1 Å². The molecule has 0 fully saturated rings. The maximum Gasteiger partial charge on any atom is 0.347 e. The van der Waals surface area contributed by atoms with Crippen molar-refractivity contribution in [2.75, 3.05) is 6.61 Å². The summed E-state index contributed by atoms with van der Waals surface area (Å²) in [5.74, 6) is -0.387. The minimum absolute atomic E-state index is 0.00255. The summed E-state index contributed by atoms with van der Waals surface area (Å²) in [4.78, 5) is 23.5. The van der Waals surface area contributed by atoms with E-state index in [1.165, 1.54) is 13.0 Å². The molecule has 0 unspecified atom stereocenters. The zero-order chi connectivity index (χ0) is 17.6. The zero-order valence-corrected chi connectivity index (χ0v) is 15.1. The van der Waals surface area contributed by atoms with Crippen molar-refractivity contribution in [2.24, 2.45) is 5.92 Å². The van der Waals surface area contributed by atoms with Crippen LogP contribution in [0.1, 0.15) is 27.7 Å². The minimum Gasteiger partial charge on any atom is -0.477 e. The van der Waals surface area contributed by atoms with E-state index in [2.05, 4.69) is 5.32 Å². The summed E-state index contributed by atoms with van der Waals surface area (Å²) < 4.78 is 10.4. The molecule has 1 amide bonds. The Balaban J connectivity index is 2.46. The molecule has 2 atom stereocenters. The highest BCUT2D eigenvalue weighted by molar-refractivity contribution is 6.35. The van der Waals surface area contributed by atoms with Crippen LogP contribution in [0.15, 0.2) is 18.2 Å². The third kappa shape index (κ3) is 6.67. The summed E-state index contributed by atoms with van der Waals surface area (Å²) in [5.41, 5.74) is 0. The lowest BCUT2D eigenvalue weighted by Crippen LogP contribution is -2.39. The molecule has 0 aliphatic rings. The second kappa shape index (κ2) is 8.99. The van der Waals surface area contributed by atoms with Crippen molar-refractivity contribution in [3.8, 4) is 5.75 Å². The highest BCUT2D eigenvalue weighted by atomic mass is 35.5. The maximum atomic E-state index is 11.9. The second-order valence-corrected chi connectivity index (χ2v) is 6.39. The Kier molecular flexibility index (Phi) is 7.65. The average molecular weight is 362 g/mol. The zero-order valence-electron chi connectivity index (χ0n) is 13.6. The molecule has 0 bridgehead atoms. The lowest BCUT2D eigenvalue weighted by Gasteiger charge is -2.18. The van der Waals surface area contributed by atoms with Gasteiger partial charge >= 0.3 is 5.97 Å². The van der Waals surface area contributed by atoms with Crippen LogP contribution in [-0.2, 0) is 14.3 Å². The summed E-state index contributed by atoms with van der Waals surface area (Å²) in [6.45, 7) is 7.03. The van der Waals surface area contributed by atoms with Crippen molar-refractivity contribution in [3.63, 3.8) is 0 Å². The van der Waals surface area contributed by atoms with Gasteiger partial charge in [-0.25, -0.2) is 4.79 Å². The van der Waals surface area contributed by atoms with Gasteiger partial charge in [0, 0.05) is 11.1 Å². The predicted molar refractivity (Wildman–Crippen MR) is 90.0 cm³/mol. The molecule has 128 valence electrons. The Bertz CT molecular complexity index is 563. The summed E-state index contributed by atoms with van der Waals surface area (Å²) in [7, 11) is 0. The first-order valence-corrected chi connectivity index (χ1v) is 8.04. The molecule has 0 saturated carbocycles. The smallest absolute Gasteiger partial charge is 0.347 e. The number of amides is 1. The van der Waals surface area contributed by atoms with E-state index in [1.807, 2.05) is 20.8 Å². The van der Waals surface area contributed by atoms with Gasteiger partial charge in [-0.15, -0.1) is 0 Å². The standard InChI is InChI=1S/C16H21Cl2NO4/c1-9(2)10(3)19-15(20)8-22-16(21)11(4)23-14-6-5-12(17)7-13(14)18/h5-7,9-11H,8H2,1-4H3,(H,19,20)/t10-,11+/m1/s1. The van der Waals surface area contributed by atoms with Gasteiger partial charge in [-0.3, -0.25) is 4.79 Å². The number of esters is 1. The van der Waals surface area contributed by atoms with Gasteiger partial charge in [0.15, 0.2) is 12.7 Å². The number of hydrogen-bond acceptors (Lipinski definition) is 4. The molecular formula is C16H21Cl2NO4. The Labute approximate surface area is 146 Å². The first kappa shape index (κ1) is 19.6. The van der Waals surface area contributed by atoms with Crippen molar-refractivity contribution in [1.82, 2.24) is 5.32 Å². The van der Waals surface area contributed by atoms with E-state index in [1.54, 1.807) is 12.1 Å². The number of carbonyl (C=O) groups excluding carboxylic acids is 2. The summed E-state index contributed by atoms with van der Waals surface area (Å²) >= 11 is 11.8. The Morgan fingerprint density at radius 2 is 1.83 bits per heavy atom. The Morgan fingerprint density at radius 1 is 1.17 bits per heavy atom. The van der Waals surface area contributed by atoms with Crippen LogP contribution in [0.4, 0.5) is 0 Å². The number of halogens is 2. The molecule has 0 saturated heterocycles. The first-order chi connectivity index (χ1) is 10.7. The van der Waals surface area contributed by atoms with Crippen LogP contribution in [-0.4, -0.2) is 30.6 Å². The van der Waals surface area contributed by atoms with Gasteiger partial charge < -0.3 is 14.8 Å². The molecule has 5 nitrogen and oxygen atoms in total. The van der Waals surface area contributed by atoms with E-state index in [9.17, 15) is 9.59 Å². The van der Waals surface area contributed by atoms with Crippen LogP contribution >= 0.6 is 23.2 Å². The van der Waals surface area contributed by atoms with E-state index in [-0.39, 0.29) is 18.6 Å². The molecule has 0 spiro atoms. The van der Waals surface area contributed by atoms with E-state index < -0.39 is 12.1 Å². The van der Waals surface area contributed by atoms with Crippen molar-refractivity contribution in [2.45, 2.75) is 39.8 Å². The normalized spacial score (nSPS) is 13.3. The highest BCUT2D eigenvalue weighted by Crippen LogP contribution is 2.28. The summed E-state index contributed by atoms with van der Waals surface area (Å²) in [6, 6.07) is 4.67. The number of hydrogen-bond donors (Lipinski definition) is 1. The SMILES string of the molecule is CC(C)[C@@H](C)NC(=O)COC(=O)[C@H](C)Oc1ccc(Cl)cc1Cl. The van der Waals surface area contributed by atoms with E-state index in [0.717, 1.165) is 0 Å². The van der Waals surface area contributed by atoms with Gasteiger partial charge in [0.1, 0.15) is 5.75 Å². The lowest BCUT2D eigenvalue weighted by molar-refractivity contribution is -0.154. The lowest BCUT2D eigenvalue weighted by atomic mass is 10.1. The van der Waals surface area contributed by atoms with Crippen LogP contribution in [0, 0.1) is 5.92 Å². The average Bonchev–Trinajstić information content (AvgIpc) is 2.47. The molecule has 7 heteroatoms. The fourth-order valence-electron chi connectivity index (χ4n) is 1.53. The van der Waals surface area contributed by atoms with E-state index >= 15 is 0 Å². The third-order valence-corrected chi connectivity index (χ3v) is 3.79.